The van der Waals surface area contributed by atoms with Gasteiger partial charge in [0.15, 0.2) is 0 Å². The molecule has 7 heteroatoms. The minimum absolute atomic E-state index is 0.235. The van der Waals surface area contributed by atoms with E-state index >= 15 is 0 Å². The maximum Gasteiger partial charge on any atom is 0.258 e. The van der Waals surface area contributed by atoms with E-state index in [1.54, 1.807) is 4.90 Å². The lowest BCUT2D eigenvalue weighted by atomic mass is 10.2. The summed E-state index contributed by atoms with van der Waals surface area (Å²) in [6, 6.07) is 7.59. The molecule has 1 aromatic heterocycles. The monoisotopic (exact) mass is 325 g/mol. The quantitative estimate of drug-likeness (QED) is 0.858. The summed E-state index contributed by atoms with van der Waals surface area (Å²) < 4.78 is 0. The molecule has 3 rings (SSSR count). The van der Waals surface area contributed by atoms with Crippen molar-refractivity contribution in [3.63, 3.8) is 0 Å². The number of aryl methyl sites for hydroxylation is 1. The molecule has 0 spiro atoms. The van der Waals surface area contributed by atoms with Crippen LogP contribution < -0.4 is 10.2 Å². The molecule has 24 heavy (non-hydrogen) atoms. The highest BCUT2D eigenvalue weighted by molar-refractivity contribution is 6.04. The van der Waals surface area contributed by atoms with Gasteiger partial charge in [-0.1, -0.05) is 18.2 Å². The second-order valence-electron chi connectivity index (χ2n) is 5.67. The first-order valence-electron chi connectivity index (χ1n) is 7.80. The zero-order valence-corrected chi connectivity index (χ0v) is 13.5. The fourth-order valence-corrected chi connectivity index (χ4v) is 2.54. The molecule has 0 saturated carbocycles. The van der Waals surface area contributed by atoms with Gasteiger partial charge < -0.3 is 15.1 Å². The van der Waals surface area contributed by atoms with Gasteiger partial charge in [0.25, 0.3) is 5.91 Å². The van der Waals surface area contributed by atoms with Gasteiger partial charge in [0, 0.05) is 44.3 Å². The molecule has 1 aliphatic heterocycles. The summed E-state index contributed by atoms with van der Waals surface area (Å²) in [7, 11) is 0. The molecule has 0 unspecified atom stereocenters. The number of amides is 2. The minimum atomic E-state index is -0.235. The highest BCUT2D eigenvalue weighted by atomic mass is 16.1. The number of piperazine rings is 1. The smallest absolute Gasteiger partial charge is 0.258 e. The number of benzene rings is 1. The zero-order chi connectivity index (χ0) is 16.9. The number of nitrogens with one attached hydrogen (secondary N) is 1. The standard InChI is InChI=1S/C17H19N5O2/c1-13-4-2-3-5-15(13)20-16(24)14-10-18-17(19-11-14)22-8-6-21(12-23)7-9-22/h2-5,10-12H,6-9H2,1H3,(H,20,24). The van der Waals surface area contributed by atoms with Crippen LogP contribution in [0.2, 0.25) is 0 Å². The molecule has 1 saturated heterocycles. The molecule has 0 atom stereocenters. The van der Waals surface area contributed by atoms with E-state index in [0.29, 0.717) is 37.7 Å². The number of carbonyl (C=O) groups is 2. The lowest BCUT2D eigenvalue weighted by molar-refractivity contribution is -0.118. The first-order chi connectivity index (χ1) is 11.7. The molecule has 0 aliphatic carbocycles. The van der Waals surface area contributed by atoms with Crippen LogP contribution in [0.3, 0.4) is 0 Å². The number of carbonyl (C=O) groups excluding carboxylic acids is 2. The third-order valence-corrected chi connectivity index (χ3v) is 4.04. The molecule has 1 aliphatic rings. The molecule has 2 heterocycles. The van der Waals surface area contributed by atoms with Gasteiger partial charge in [-0.25, -0.2) is 9.97 Å². The van der Waals surface area contributed by atoms with E-state index in [-0.39, 0.29) is 5.91 Å². The van der Waals surface area contributed by atoms with E-state index < -0.39 is 0 Å². The minimum Gasteiger partial charge on any atom is -0.342 e. The molecule has 124 valence electrons. The van der Waals surface area contributed by atoms with Crippen LogP contribution in [0.4, 0.5) is 11.6 Å². The zero-order valence-electron chi connectivity index (χ0n) is 13.5. The highest BCUT2D eigenvalue weighted by Gasteiger charge is 2.18. The number of nitrogens with zero attached hydrogens (tertiary/aromatic N) is 4. The summed E-state index contributed by atoms with van der Waals surface area (Å²) in [4.78, 5) is 35.3. The Hall–Kier alpha value is -2.96. The van der Waals surface area contributed by atoms with Gasteiger partial charge in [-0.15, -0.1) is 0 Å². The largest absolute Gasteiger partial charge is 0.342 e. The van der Waals surface area contributed by atoms with Crippen molar-refractivity contribution >= 4 is 24.0 Å². The van der Waals surface area contributed by atoms with Crippen molar-refractivity contribution in [1.82, 2.24) is 14.9 Å². The van der Waals surface area contributed by atoms with Crippen LogP contribution in [0.25, 0.3) is 0 Å². The number of hydrogen-bond acceptors (Lipinski definition) is 5. The summed E-state index contributed by atoms with van der Waals surface area (Å²) >= 11 is 0. The summed E-state index contributed by atoms with van der Waals surface area (Å²) in [5, 5.41) is 2.86. The summed E-state index contributed by atoms with van der Waals surface area (Å²) in [6.45, 7) is 4.62. The number of rotatable bonds is 4. The van der Waals surface area contributed by atoms with Crippen molar-refractivity contribution in [3.05, 3.63) is 47.8 Å². The number of para-hydroxylation sites is 1. The fraction of sp³-hybridized carbons (Fsp3) is 0.294. The van der Waals surface area contributed by atoms with Crippen LogP contribution in [0.5, 0.6) is 0 Å². The molecule has 0 bridgehead atoms. The molecule has 7 nitrogen and oxygen atoms in total. The van der Waals surface area contributed by atoms with Crippen LogP contribution in [0.1, 0.15) is 15.9 Å². The second-order valence-corrected chi connectivity index (χ2v) is 5.67. The van der Waals surface area contributed by atoms with E-state index in [0.717, 1.165) is 17.7 Å². The van der Waals surface area contributed by atoms with Gasteiger partial charge in [-0.05, 0) is 18.6 Å². The van der Waals surface area contributed by atoms with Crippen molar-refractivity contribution in [1.29, 1.82) is 0 Å². The van der Waals surface area contributed by atoms with Crippen molar-refractivity contribution in [2.75, 3.05) is 36.4 Å². The average molecular weight is 325 g/mol. The predicted octanol–water partition coefficient (Wildman–Crippen LogP) is 1.32. The van der Waals surface area contributed by atoms with Crippen LogP contribution in [0.15, 0.2) is 36.7 Å². The third kappa shape index (κ3) is 3.51. The molecular formula is C17H19N5O2. The van der Waals surface area contributed by atoms with Gasteiger partial charge >= 0.3 is 0 Å². The molecule has 1 aromatic carbocycles. The summed E-state index contributed by atoms with van der Waals surface area (Å²) in [5.41, 5.74) is 2.18. The maximum absolute atomic E-state index is 12.3. The van der Waals surface area contributed by atoms with Crippen LogP contribution >= 0.6 is 0 Å². The topological polar surface area (TPSA) is 78.4 Å². The first-order valence-corrected chi connectivity index (χ1v) is 7.80. The molecule has 2 aromatic rings. The van der Waals surface area contributed by atoms with Crippen LogP contribution in [-0.2, 0) is 4.79 Å². The Bertz CT molecular complexity index is 724. The Morgan fingerprint density at radius 3 is 2.42 bits per heavy atom. The maximum atomic E-state index is 12.3. The number of aromatic nitrogens is 2. The first kappa shape index (κ1) is 15.9. The Kier molecular flexibility index (Phi) is 4.69. The van der Waals surface area contributed by atoms with Crippen molar-refractivity contribution in [2.45, 2.75) is 6.92 Å². The molecular weight excluding hydrogens is 306 g/mol. The van der Waals surface area contributed by atoms with Crippen LogP contribution in [0, 0.1) is 6.92 Å². The van der Waals surface area contributed by atoms with Crippen molar-refractivity contribution < 1.29 is 9.59 Å². The third-order valence-electron chi connectivity index (χ3n) is 4.04. The van der Waals surface area contributed by atoms with Crippen molar-refractivity contribution in [3.8, 4) is 0 Å². The van der Waals surface area contributed by atoms with E-state index in [4.69, 9.17) is 0 Å². The van der Waals surface area contributed by atoms with E-state index in [1.807, 2.05) is 36.1 Å². The SMILES string of the molecule is Cc1ccccc1NC(=O)c1cnc(N2CCN(C=O)CC2)nc1. The lowest BCUT2D eigenvalue weighted by Crippen LogP contribution is -2.46. The van der Waals surface area contributed by atoms with Gasteiger partial charge in [0.2, 0.25) is 12.4 Å². The Morgan fingerprint density at radius 2 is 1.79 bits per heavy atom. The van der Waals surface area contributed by atoms with Gasteiger partial charge in [-0.2, -0.15) is 0 Å². The van der Waals surface area contributed by atoms with Gasteiger partial charge in [-0.3, -0.25) is 9.59 Å². The lowest BCUT2D eigenvalue weighted by Gasteiger charge is -2.32. The predicted molar refractivity (Wildman–Crippen MR) is 91.0 cm³/mol. The van der Waals surface area contributed by atoms with Gasteiger partial charge in [0.05, 0.1) is 5.56 Å². The second kappa shape index (κ2) is 7.08. The summed E-state index contributed by atoms with van der Waals surface area (Å²) in [6.07, 6.45) is 3.92. The number of anilines is 2. The molecule has 2 amide bonds. The Morgan fingerprint density at radius 1 is 1.12 bits per heavy atom. The molecule has 0 radical (unpaired) electrons. The van der Waals surface area contributed by atoms with Crippen molar-refractivity contribution in [2.24, 2.45) is 0 Å². The van der Waals surface area contributed by atoms with E-state index in [9.17, 15) is 9.59 Å². The van der Waals surface area contributed by atoms with E-state index in [2.05, 4.69) is 15.3 Å². The van der Waals surface area contributed by atoms with Gasteiger partial charge in [0.1, 0.15) is 0 Å². The fourth-order valence-electron chi connectivity index (χ4n) is 2.54. The number of hydrogen-bond donors (Lipinski definition) is 1. The molecule has 1 fully saturated rings. The Labute approximate surface area is 140 Å². The molecule has 1 N–H and O–H groups in total. The summed E-state index contributed by atoms with van der Waals surface area (Å²) in [5.74, 6) is 0.342. The van der Waals surface area contributed by atoms with Crippen LogP contribution in [-0.4, -0.2) is 53.4 Å². The normalized spacial score (nSPS) is 14.4. The Balaban J connectivity index is 1.65. The average Bonchev–Trinajstić information content (AvgIpc) is 2.64. The van der Waals surface area contributed by atoms with E-state index in [1.165, 1.54) is 12.4 Å². The highest BCUT2D eigenvalue weighted by Crippen LogP contribution is 2.15.